The smallest absolute Gasteiger partial charge is 0.271 e. The number of nitrogens with one attached hydrogen (secondary N) is 1. The molecule has 0 unspecified atom stereocenters. The Bertz CT molecular complexity index is 846. The third-order valence-electron chi connectivity index (χ3n) is 3.42. The molecule has 1 aromatic heterocycles. The van der Waals surface area contributed by atoms with Crippen molar-refractivity contribution in [2.24, 2.45) is 0 Å². The van der Waals surface area contributed by atoms with Crippen molar-refractivity contribution < 1.29 is 13.2 Å². The highest BCUT2D eigenvalue weighted by Crippen LogP contribution is 2.32. The third-order valence-corrected chi connectivity index (χ3v) is 6.53. The lowest BCUT2D eigenvalue weighted by Gasteiger charge is -2.15. The van der Waals surface area contributed by atoms with Gasteiger partial charge in [0.05, 0.1) is 4.34 Å². The van der Waals surface area contributed by atoms with Crippen molar-refractivity contribution in [1.29, 1.82) is 0 Å². The largest absolute Gasteiger partial charge is 0.312 e. The average molecular weight is 357 g/mol. The highest BCUT2D eigenvalue weighted by Gasteiger charge is 2.23. The first-order chi connectivity index (χ1) is 10.4. The molecule has 8 heteroatoms. The Morgan fingerprint density at radius 1 is 1.32 bits per heavy atom. The maximum atomic E-state index is 12.3. The van der Waals surface area contributed by atoms with Gasteiger partial charge in [-0.15, -0.1) is 11.3 Å². The molecule has 1 aliphatic rings. The number of rotatable bonds is 3. The highest BCUT2D eigenvalue weighted by atomic mass is 35.5. The summed E-state index contributed by atoms with van der Waals surface area (Å²) in [5.74, 6) is -0.0136. The van der Waals surface area contributed by atoms with Crippen molar-refractivity contribution >= 4 is 50.2 Å². The number of sulfonamides is 1. The van der Waals surface area contributed by atoms with Crippen molar-refractivity contribution in [3.63, 3.8) is 0 Å². The van der Waals surface area contributed by atoms with E-state index in [-0.39, 0.29) is 10.1 Å². The van der Waals surface area contributed by atoms with Gasteiger partial charge in [-0.3, -0.25) is 9.52 Å². The van der Waals surface area contributed by atoms with Crippen LogP contribution in [0.25, 0.3) is 0 Å². The van der Waals surface area contributed by atoms with Crippen LogP contribution in [-0.2, 0) is 21.2 Å². The molecule has 0 spiro atoms. The van der Waals surface area contributed by atoms with Crippen LogP contribution in [0.5, 0.6) is 0 Å². The van der Waals surface area contributed by atoms with E-state index in [1.54, 1.807) is 29.2 Å². The number of benzene rings is 1. The molecule has 0 saturated carbocycles. The molecule has 0 radical (unpaired) electrons. The molecule has 0 atom stereocenters. The van der Waals surface area contributed by atoms with E-state index in [0.29, 0.717) is 16.6 Å². The van der Waals surface area contributed by atoms with Crippen LogP contribution >= 0.6 is 22.9 Å². The second-order valence-corrected chi connectivity index (χ2v) is 8.55. The fraction of sp³-hybridized carbons (Fsp3) is 0.214. The number of hydrogen-bond donors (Lipinski definition) is 1. The molecule has 0 bridgehead atoms. The quantitative estimate of drug-likeness (QED) is 0.918. The van der Waals surface area contributed by atoms with E-state index >= 15 is 0 Å². The minimum absolute atomic E-state index is 0.0136. The molecule has 1 aromatic carbocycles. The molecule has 116 valence electrons. The summed E-state index contributed by atoms with van der Waals surface area (Å²) in [6.45, 7) is 2.15. The first-order valence-corrected chi connectivity index (χ1v) is 9.24. The molecule has 0 aliphatic carbocycles. The number of carbonyl (C=O) groups excluding carboxylic acids is 1. The number of carbonyl (C=O) groups is 1. The number of amides is 1. The summed E-state index contributed by atoms with van der Waals surface area (Å²) >= 11 is 6.79. The SMILES string of the molecule is CC(=O)N1CCc2cc(NS(=O)(=O)c3ccc(Cl)s3)ccc21. The molecule has 1 aliphatic heterocycles. The molecule has 0 fully saturated rings. The summed E-state index contributed by atoms with van der Waals surface area (Å²) in [6, 6.07) is 8.22. The van der Waals surface area contributed by atoms with E-state index in [0.717, 1.165) is 29.0 Å². The predicted molar refractivity (Wildman–Crippen MR) is 88.3 cm³/mol. The van der Waals surface area contributed by atoms with Crippen LogP contribution in [0.4, 0.5) is 11.4 Å². The fourth-order valence-corrected chi connectivity index (χ4v) is 4.97. The van der Waals surface area contributed by atoms with E-state index < -0.39 is 10.0 Å². The third kappa shape index (κ3) is 2.84. The van der Waals surface area contributed by atoms with Crippen molar-refractivity contribution in [3.8, 4) is 0 Å². The number of anilines is 2. The molecule has 0 saturated heterocycles. The van der Waals surface area contributed by atoms with Gasteiger partial charge in [0, 0.05) is 24.8 Å². The Hall–Kier alpha value is -1.57. The summed E-state index contributed by atoms with van der Waals surface area (Å²) in [4.78, 5) is 13.2. The Balaban J connectivity index is 1.87. The molecule has 5 nitrogen and oxygen atoms in total. The fourth-order valence-electron chi connectivity index (χ4n) is 2.44. The molecular weight excluding hydrogens is 344 g/mol. The lowest BCUT2D eigenvalue weighted by molar-refractivity contribution is -0.116. The number of fused-ring (bicyclic) bond motifs is 1. The molecule has 3 rings (SSSR count). The highest BCUT2D eigenvalue weighted by molar-refractivity contribution is 7.94. The van der Waals surface area contributed by atoms with Gasteiger partial charge in [-0.1, -0.05) is 11.6 Å². The topological polar surface area (TPSA) is 66.5 Å². The Labute approximate surface area is 137 Å². The van der Waals surface area contributed by atoms with E-state index in [4.69, 9.17) is 11.6 Å². The first kappa shape index (κ1) is 15.3. The second kappa shape index (κ2) is 5.57. The number of hydrogen-bond acceptors (Lipinski definition) is 4. The van der Waals surface area contributed by atoms with Gasteiger partial charge >= 0.3 is 0 Å². The van der Waals surface area contributed by atoms with Gasteiger partial charge in [0.1, 0.15) is 4.21 Å². The van der Waals surface area contributed by atoms with Gasteiger partial charge in [-0.05, 0) is 42.3 Å². The second-order valence-electron chi connectivity index (χ2n) is 4.93. The van der Waals surface area contributed by atoms with Gasteiger partial charge in [-0.2, -0.15) is 0 Å². The number of halogens is 1. The van der Waals surface area contributed by atoms with Crippen molar-refractivity contribution in [2.45, 2.75) is 17.6 Å². The van der Waals surface area contributed by atoms with Crippen LogP contribution in [0.3, 0.4) is 0 Å². The van der Waals surface area contributed by atoms with Crippen molar-refractivity contribution in [3.05, 3.63) is 40.2 Å². The van der Waals surface area contributed by atoms with E-state index in [1.165, 1.54) is 13.0 Å². The maximum Gasteiger partial charge on any atom is 0.271 e. The molecule has 1 N–H and O–H groups in total. The number of nitrogens with zero attached hydrogens (tertiary/aromatic N) is 1. The van der Waals surface area contributed by atoms with E-state index in [1.807, 2.05) is 0 Å². The first-order valence-electron chi connectivity index (χ1n) is 6.56. The van der Waals surface area contributed by atoms with Crippen LogP contribution in [0.15, 0.2) is 34.5 Å². The Morgan fingerprint density at radius 3 is 2.73 bits per heavy atom. The molecule has 2 heterocycles. The van der Waals surface area contributed by atoms with E-state index in [9.17, 15) is 13.2 Å². The summed E-state index contributed by atoms with van der Waals surface area (Å²) in [5.41, 5.74) is 2.28. The number of thiophene rings is 1. The average Bonchev–Trinajstić information content (AvgIpc) is 3.04. The van der Waals surface area contributed by atoms with Crippen molar-refractivity contribution in [1.82, 2.24) is 0 Å². The van der Waals surface area contributed by atoms with Crippen LogP contribution in [0.2, 0.25) is 4.34 Å². The standard InChI is InChI=1S/C14H13ClN2O3S2/c1-9(18)17-7-6-10-8-11(2-3-12(10)17)16-22(19,20)14-5-4-13(15)21-14/h2-5,8,16H,6-7H2,1H3. The Morgan fingerprint density at radius 2 is 2.09 bits per heavy atom. The summed E-state index contributed by atoms with van der Waals surface area (Å²) in [6.07, 6.45) is 0.718. The van der Waals surface area contributed by atoms with Gasteiger partial charge in [0.2, 0.25) is 5.91 Å². The zero-order valence-corrected chi connectivity index (χ0v) is 14.1. The van der Waals surface area contributed by atoms with Crippen LogP contribution in [-0.4, -0.2) is 20.9 Å². The summed E-state index contributed by atoms with van der Waals surface area (Å²) < 4.78 is 27.7. The van der Waals surface area contributed by atoms with Gasteiger partial charge in [0.25, 0.3) is 10.0 Å². The molecule has 2 aromatic rings. The van der Waals surface area contributed by atoms with Gasteiger partial charge < -0.3 is 4.90 Å². The zero-order valence-electron chi connectivity index (χ0n) is 11.7. The van der Waals surface area contributed by atoms with Crippen LogP contribution < -0.4 is 9.62 Å². The lowest BCUT2D eigenvalue weighted by atomic mass is 10.1. The molecule has 1 amide bonds. The minimum Gasteiger partial charge on any atom is -0.312 e. The van der Waals surface area contributed by atoms with E-state index in [2.05, 4.69) is 4.72 Å². The predicted octanol–water partition coefficient (Wildman–Crippen LogP) is 3.11. The Kier molecular flexibility index (Phi) is 3.88. The normalized spacial score (nSPS) is 14.0. The lowest BCUT2D eigenvalue weighted by Crippen LogP contribution is -2.25. The zero-order chi connectivity index (χ0) is 15.9. The molecular formula is C14H13ClN2O3S2. The van der Waals surface area contributed by atoms with Crippen molar-refractivity contribution in [2.75, 3.05) is 16.2 Å². The van der Waals surface area contributed by atoms with Gasteiger partial charge in [0.15, 0.2) is 0 Å². The summed E-state index contributed by atoms with van der Waals surface area (Å²) in [5, 5.41) is 0. The van der Waals surface area contributed by atoms with Crippen LogP contribution in [0.1, 0.15) is 12.5 Å². The van der Waals surface area contributed by atoms with Crippen LogP contribution in [0, 0.1) is 0 Å². The monoisotopic (exact) mass is 356 g/mol. The maximum absolute atomic E-state index is 12.3. The summed E-state index contributed by atoms with van der Waals surface area (Å²) in [7, 11) is -3.64. The minimum atomic E-state index is -3.64. The van der Waals surface area contributed by atoms with Gasteiger partial charge in [-0.25, -0.2) is 8.42 Å². The molecule has 22 heavy (non-hydrogen) atoms.